The number of carbonyl (C=O) groups excluding carboxylic acids is 2. The van der Waals surface area contributed by atoms with Crippen LogP contribution < -0.4 is 4.74 Å². The standard InChI is InChI=1S/C30H38N2O6/c1-3-4-5-6-7-8-9-10-11-12-21-31-27(22-13-17-24(18-14-22)32(36)37)26(29(34)30(31)35)28(33)23-15-19-25(38-2)20-16-23/h13-20,27,33H,3-12,21H2,1-2H3/t27-/m0/s1. The molecule has 2 aromatic rings. The zero-order chi connectivity index (χ0) is 27.5. The lowest BCUT2D eigenvalue weighted by molar-refractivity contribution is -0.384. The molecule has 8 nitrogen and oxygen atoms in total. The topological polar surface area (TPSA) is 110 Å². The molecule has 1 amide bonds. The number of hydrogen-bond donors (Lipinski definition) is 1. The number of unbranched alkanes of at least 4 members (excludes halogenated alkanes) is 9. The van der Waals surface area contributed by atoms with Crippen molar-refractivity contribution in [1.29, 1.82) is 0 Å². The summed E-state index contributed by atoms with van der Waals surface area (Å²) >= 11 is 0. The first-order chi connectivity index (χ1) is 18.4. The summed E-state index contributed by atoms with van der Waals surface area (Å²) in [5.74, 6) is -1.11. The highest BCUT2D eigenvalue weighted by atomic mass is 16.6. The van der Waals surface area contributed by atoms with Gasteiger partial charge in [-0.1, -0.05) is 64.7 Å². The van der Waals surface area contributed by atoms with E-state index < -0.39 is 22.7 Å². The van der Waals surface area contributed by atoms with Crippen LogP contribution in [0, 0.1) is 10.1 Å². The van der Waals surface area contributed by atoms with Crippen molar-refractivity contribution in [1.82, 2.24) is 4.90 Å². The van der Waals surface area contributed by atoms with Crippen LogP contribution in [-0.4, -0.2) is 40.3 Å². The number of Topliss-reactive ketones (excluding diaryl/α,β-unsaturated/α-hetero) is 1. The van der Waals surface area contributed by atoms with E-state index in [2.05, 4.69) is 6.92 Å². The molecule has 0 aromatic heterocycles. The third-order valence-electron chi connectivity index (χ3n) is 7.08. The Morgan fingerprint density at radius 1 is 0.895 bits per heavy atom. The molecule has 0 aliphatic carbocycles. The number of non-ortho nitro benzene ring substituents is 1. The van der Waals surface area contributed by atoms with Crippen LogP contribution in [0.1, 0.15) is 88.3 Å². The number of amides is 1. The normalized spacial score (nSPS) is 16.7. The lowest BCUT2D eigenvalue weighted by Crippen LogP contribution is -2.30. The SMILES string of the molecule is CCCCCCCCCCCCN1C(=O)C(=O)C(=C(O)c2ccc(OC)cc2)[C@@H]1c1ccc([N+](=O)[O-])cc1. The Hall–Kier alpha value is -3.68. The predicted octanol–water partition coefficient (Wildman–Crippen LogP) is 6.95. The van der Waals surface area contributed by atoms with Crippen molar-refractivity contribution in [2.75, 3.05) is 13.7 Å². The van der Waals surface area contributed by atoms with E-state index in [4.69, 9.17) is 4.74 Å². The van der Waals surface area contributed by atoms with Crippen LogP contribution in [-0.2, 0) is 9.59 Å². The van der Waals surface area contributed by atoms with Crippen LogP contribution in [0.4, 0.5) is 5.69 Å². The van der Waals surface area contributed by atoms with Gasteiger partial charge in [0.15, 0.2) is 0 Å². The van der Waals surface area contributed by atoms with Crippen molar-refractivity contribution < 1.29 is 24.4 Å². The quantitative estimate of drug-likeness (QED) is 0.0677. The van der Waals surface area contributed by atoms with E-state index in [9.17, 15) is 24.8 Å². The molecule has 3 rings (SSSR count). The molecule has 1 saturated heterocycles. The molecule has 38 heavy (non-hydrogen) atoms. The predicted molar refractivity (Wildman–Crippen MR) is 147 cm³/mol. The molecule has 0 unspecified atom stereocenters. The summed E-state index contributed by atoms with van der Waals surface area (Å²) in [4.78, 5) is 38.4. The maximum Gasteiger partial charge on any atom is 0.295 e. The van der Waals surface area contributed by atoms with E-state index in [-0.39, 0.29) is 17.0 Å². The minimum atomic E-state index is -0.823. The van der Waals surface area contributed by atoms with Gasteiger partial charge in [-0.2, -0.15) is 0 Å². The summed E-state index contributed by atoms with van der Waals surface area (Å²) in [6.45, 7) is 2.58. The van der Waals surface area contributed by atoms with Gasteiger partial charge in [0.05, 0.1) is 23.6 Å². The summed E-state index contributed by atoms with van der Waals surface area (Å²) < 4.78 is 5.17. The minimum absolute atomic E-state index is 0.0129. The number of rotatable bonds is 15. The minimum Gasteiger partial charge on any atom is -0.507 e. The van der Waals surface area contributed by atoms with E-state index in [1.165, 1.54) is 62.7 Å². The molecule has 204 valence electrons. The van der Waals surface area contributed by atoms with Crippen molar-refractivity contribution in [2.45, 2.75) is 77.2 Å². The summed E-state index contributed by atoms with van der Waals surface area (Å²) in [5.41, 5.74) is 0.822. The van der Waals surface area contributed by atoms with Crippen LogP contribution in [0.5, 0.6) is 5.75 Å². The lowest BCUT2D eigenvalue weighted by Gasteiger charge is -2.25. The van der Waals surface area contributed by atoms with Gasteiger partial charge in [0.2, 0.25) is 0 Å². The molecule has 0 spiro atoms. The zero-order valence-corrected chi connectivity index (χ0v) is 22.4. The molecule has 1 aliphatic heterocycles. The number of carbonyl (C=O) groups is 2. The average molecular weight is 523 g/mol. The number of methoxy groups -OCH3 is 1. The molecule has 1 aliphatic rings. The zero-order valence-electron chi connectivity index (χ0n) is 22.4. The molecule has 2 aromatic carbocycles. The molecule has 0 bridgehead atoms. The van der Waals surface area contributed by atoms with E-state index in [1.807, 2.05) is 0 Å². The average Bonchev–Trinajstić information content (AvgIpc) is 3.18. The molecule has 1 fully saturated rings. The first kappa shape index (κ1) is 28.9. The molecular weight excluding hydrogens is 484 g/mol. The van der Waals surface area contributed by atoms with E-state index >= 15 is 0 Å². The third-order valence-corrected chi connectivity index (χ3v) is 7.08. The number of hydrogen-bond acceptors (Lipinski definition) is 6. The number of nitro groups is 1. The molecule has 8 heteroatoms. The Labute approximate surface area is 224 Å². The highest BCUT2D eigenvalue weighted by Crippen LogP contribution is 2.40. The van der Waals surface area contributed by atoms with Crippen LogP contribution in [0.3, 0.4) is 0 Å². The van der Waals surface area contributed by atoms with Crippen molar-refractivity contribution in [2.24, 2.45) is 0 Å². The summed E-state index contributed by atoms with van der Waals surface area (Å²) in [6, 6.07) is 11.5. The monoisotopic (exact) mass is 522 g/mol. The smallest absolute Gasteiger partial charge is 0.295 e. The Kier molecular flexibility index (Phi) is 10.9. The Morgan fingerprint density at radius 2 is 1.45 bits per heavy atom. The number of nitro benzene ring substituents is 1. The fourth-order valence-electron chi connectivity index (χ4n) is 4.91. The maximum atomic E-state index is 13.2. The summed E-state index contributed by atoms with van der Waals surface area (Å²) in [6.07, 6.45) is 11.4. The van der Waals surface area contributed by atoms with Gasteiger partial charge >= 0.3 is 0 Å². The number of aliphatic hydroxyl groups is 1. The first-order valence-electron chi connectivity index (χ1n) is 13.6. The molecule has 1 atom stereocenters. The highest BCUT2D eigenvalue weighted by molar-refractivity contribution is 6.46. The Morgan fingerprint density at radius 3 is 1.97 bits per heavy atom. The van der Waals surface area contributed by atoms with Gasteiger partial charge < -0.3 is 14.7 Å². The molecule has 1 heterocycles. The van der Waals surface area contributed by atoms with Crippen LogP contribution in [0.2, 0.25) is 0 Å². The third kappa shape index (κ3) is 7.21. The van der Waals surface area contributed by atoms with Gasteiger partial charge in [-0.15, -0.1) is 0 Å². The lowest BCUT2D eigenvalue weighted by atomic mass is 9.95. The van der Waals surface area contributed by atoms with E-state index in [0.717, 1.165) is 25.7 Å². The van der Waals surface area contributed by atoms with Crippen molar-refractivity contribution in [3.05, 3.63) is 75.3 Å². The largest absolute Gasteiger partial charge is 0.507 e. The number of benzene rings is 2. The van der Waals surface area contributed by atoms with Gasteiger partial charge in [-0.05, 0) is 48.4 Å². The van der Waals surface area contributed by atoms with Gasteiger partial charge in [0, 0.05) is 24.2 Å². The molecule has 1 N–H and O–H groups in total. The van der Waals surface area contributed by atoms with Crippen LogP contribution >= 0.6 is 0 Å². The molecular formula is C30H38N2O6. The second-order valence-corrected chi connectivity index (χ2v) is 9.75. The van der Waals surface area contributed by atoms with Crippen LogP contribution in [0.25, 0.3) is 5.76 Å². The van der Waals surface area contributed by atoms with Gasteiger partial charge in [0.25, 0.3) is 17.4 Å². The fraction of sp³-hybridized carbons (Fsp3) is 0.467. The number of ether oxygens (including phenoxy) is 1. The highest BCUT2D eigenvalue weighted by Gasteiger charge is 2.45. The maximum absolute atomic E-state index is 13.2. The van der Waals surface area contributed by atoms with Gasteiger partial charge in [-0.25, -0.2) is 0 Å². The molecule has 0 saturated carbocycles. The van der Waals surface area contributed by atoms with Crippen molar-refractivity contribution in [3.63, 3.8) is 0 Å². The summed E-state index contributed by atoms with van der Waals surface area (Å²) in [5, 5.41) is 22.3. The van der Waals surface area contributed by atoms with Gasteiger partial charge in [-0.3, -0.25) is 19.7 Å². The second kappa shape index (κ2) is 14.3. The van der Waals surface area contributed by atoms with Gasteiger partial charge in [0.1, 0.15) is 11.5 Å². The first-order valence-corrected chi connectivity index (χ1v) is 13.6. The fourth-order valence-corrected chi connectivity index (χ4v) is 4.91. The molecule has 0 radical (unpaired) electrons. The Balaban J connectivity index is 1.77. The van der Waals surface area contributed by atoms with E-state index in [0.29, 0.717) is 23.4 Å². The number of aliphatic hydroxyl groups excluding tert-OH is 1. The van der Waals surface area contributed by atoms with Crippen molar-refractivity contribution in [3.8, 4) is 5.75 Å². The number of likely N-dealkylation sites (tertiary alicyclic amines) is 1. The Bertz CT molecular complexity index is 1120. The van der Waals surface area contributed by atoms with Crippen molar-refractivity contribution >= 4 is 23.1 Å². The second-order valence-electron chi connectivity index (χ2n) is 9.75. The number of nitrogens with zero attached hydrogens (tertiary/aromatic N) is 2. The summed E-state index contributed by atoms with van der Waals surface area (Å²) in [7, 11) is 1.53. The van der Waals surface area contributed by atoms with E-state index in [1.54, 1.807) is 36.4 Å². The number of ketones is 1. The van der Waals surface area contributed by atoms with Crippen LogP contribution in [0.15, 0.2) is 54.1 Å².